The molecule has 0 aromatic heterocycles. The number of amides is 3. The Kier molecular flexibility index (Phi) is 8.54. The number of hydrogen-bond donors (Lipinski definition) is 3. The van der Waals surface area contributed by atoms with E-state index in [2.05, 4.69) is 31.9 Å². The van der Waals surface area contributed by atoms with Crippen molar-refractivity contribution in [1.29, 1.82) is 0 Å². The molecule has 0 heterocycles. The van der Waals surface area contributed by atoms with Gasteiger partial charge in [-0.2, -0.15) is 0 Å². The summed E-state index contributed by atoms with van der Waals surface area (Å²) < 4.78 is 5.81. The van der Waals surface area contributed by atoms with Crippen molar-refractivity contribution in [3.05, 3.63) is 52.5 Å². The summed E-state index contributed by atoms with van der Waals surface area (Å²) in [5.41, 5.74) is 2.64. The predicted molar refractivity (Wildman–Crippen MR) is 117 cm³/mol. The molecule has 2 aromatic rings. The minimum Gasteiger partial charge on any atom is -0.456 e. The van der Waals surface area contributed by atoms with Crippen LogP contribution in [-0.2, 0) is 23.9 Å². The fourth-order valence-electron chi connectivity index (χ4n) is 2.45. The van der Waals surface area contributed by atoms with E-state index in [1.165, 1.54) is 6.92 Å². The van der Waals surface area contributed by atoms with E-state index in [0.717, 1.165) is 10.0 Å². The number of benzene rings is 2. The van der Waals surface area contributed by atoms with E-state index < -0.39 is 18.5 Å². The molecule has 0 fully saturated rings. The Hall–Kier alpha value is -3.20. The zero-order valence-electron chi connectivity index (χ0n) is 16.6. The molecule has 0 radical (unpaired) electrons. The molecule has 2 rings (SSSR count). The van der Waals surface area contributed by atoms with Gasteiger partial charge in [0.15, 0.2) is 6.61 Å². The van der Waals surface area contributed by atoms with Gasteiger partial charge in [-0.05, 0) is 55.0 Å². The van der Waals surface area contributed by atoms with E-state index in [4.69, 9.17) is 4.74 Å². The minimum absolute atomic E-state index is 0.0836. The van der Waals surface area contributed by atoms with E-state index in [-0.39, 0.29) is 24.7 Å². The highest BCUT2D eigenvalue weighted by atomic mass is 79.9. The van der Waals surface area contributed by atoms with Crippen molar-refractivity contribution in [1.82, 2.24) is 0 Å². The maximum absolute atomic E-state index is 12.0. The van der Waals surface area contributed by atoms with Crippen molar-refractivity contribution in [3.63, 3.8) is 0 Å². The van der Waals surface area contributed by atoms with E-state index in [9.17, 15) is 19.2 Å². The van der Waals surface area contributed by atoms with Crippen LogP contribution in [0.15, 0.2) is 46.9 Å². The first-order chi connectivity index (χ1) is 14.2. The van der Waals surface area contributed by atoms with Gasteiger partial charge in [-0.25, -0.2) is 0 Å². The van der Waals surface area contributed by atoms with Gasteiger partial charge < -0.3 is 20.7 Å². The molecule has 0 atom stereocenters. The third-order valence-corrected chi connectivity index (χ3v) is 4.37. The molecule has 3 N–H and O–H groups in total. The molecule has 9 heteroatoms. The first-order valence-corrected chi connectivity index (χ1v) is 9.91. The Morgan fingerprint density at radius 2 is 1.50 bits per heavy atom. The summed E-state index contributed by atoms with van der Waals surface area (Å²) >= 11 is 3.34. The first kappa shape index (κ1) is 23.1. The van der Waals surface area contributed by atoms with Crippen molar-refractivity contribution in [3.8, 4) is 0 Å². The van der Waals surface area contributed by atoms with Gasteiger partial charge in [0.25, 0.3) is 5.91 Å². The second-order valence-electron chi connectivity index (χ2n) is 6.47. The number of nitrogens with one attached hydrogen (secondary N) is 3. The number of aryl methyl sites for hydroxylation is 1. The summed E-state index contributed by atoms with van der Waals surface area (Å²) in [6, 6.07) is 12.0. The predicted octanol–water partition coefficient (Wildman–Crippen LogP) is 3.62. The Labute approximate surface area is 182 Å². The van der Waals surface area contributed by atoms with Gasteiger partial charge in [-0.15, -0.1) is 0 Å². The average Bonchev–Trinajstić information content (AvgIpc) is 2.68. The van der Waals surface area contributed by atoms with Crippen LogP contribution in [0.3, 0.4) is 0 Å². The third kappa shape index (κ3) is 8.04. The van der Waals surface area contributed by atoms with Gasteiger partial charge in [0.1, 0.15) is 0 Å². The Bertz CT molecular complexity index is 944. The quantitative estimate of drug-likeness (QED) is 0.504. The second kappa shape index (κ2) is 11.1. The maximum Gasteiger partial charge on any atom is 0.306 e. The number of ether oxygens (including phenoxy) is 1. The second-order valence-corrected chi connectivity index (χ2v) is 7.39. The zero-order chi connectivity index (χ0) is 22.1. The number of esters is 1. The number of carbonyl (C=O) groups is 4. The molecular weight excluding hydrogens is 454 g/mol. The van der Waals surface area contributed by atoms with Crippen LogP contribution in [0.2, 0.25) is 0 Å². The number of hydrogen-bond acceptors (Lipinski definition) is 5. The monoisotopic (exact) mass is 475 g/mol. The van der Waals surface area contributed by atoms with Crippen LogP contribution in [0.5, 0.6) is 0 Å². The Morgan fingerprint density at radius 3 is 2.10 bits per heavy atom. The topological polar surface area (TPSA) is 114 Å². The molecule has 158 valence electrons. The van der Waals surface area contributed by atoms with E-state index >= 15 is 0 Å². The lowest BCUT2D eigenvalue weighted by Gasteiger charge is -2.09. The highest BCUT2D eigenvalue weighted by molar-refractivity contribution is 9.10. The normalized spacial score (nSPS) is 10.1. The SMILES string of the molecule is CC(=O)Nc1ccc(NC(=O)CCC(=O)OCC(=O)Nc2ccc(Br)cc2C)cc1. The zero-order valence-corrected chi connectivity index (χ0v) is 18.2. The lowest BCUT2D eigenvalue weighted by molar-refractivity contribution is -0.147. The lowest BCUT2D eigenvalue weighted by Crippen LogP contribution is -2.22. The maximum atomic E-state index is 12.0. The van der Waals surface area contributed by atoms with Crippen LogP contribution in [0.4, 0.5) is 17.1 Å². The first-order valence-electron chi connectivity index (χ1n) is 9.12. The standard InChI is InChI=1S/C21H22BrN3O5/c1-13-11-15(22)3-8-18(13)25-20(28)12-30-21(29)10-9-19(27)24-17-6-4-16(5-7-17)23-14(2)26/h3-8,11H,9-10,12H2,1-2H3,(H,23,26)(H,24,27)(H,25,28). The van der Waals surface area contributed by atoms with E-state index in [0.29, 0.717) is 17.1 Å². The number of rotatable bonds is 8. The molecule has 0 aliphatic carbocycles. The molecule has 0 spiro atoms. The van der Waals surface area contributed by atoms with Crippen LogP contribution in [0.25, 0.3) is 0 Å². The molecule has 0 aliphatic rings. The fourth-order valence-corrected chi connectivity index (χ4v) is 2.93. The summed E-state index contributed by atoms with van der Waals surface area (Å²) in [5, 5.41) is 7.93. The van der Waals surface area contributed by atoms with Crippen molar-refractivity contribution in [2.75, 3.05) is 22.6 Å². The van der Waals surface area contributed by atoms with Gasteiger partial charge in [-0.1, -0.05) is 15.9 Å². The molecule has 3 amide bonds. The minimum atomic E-state index is -0.645. The van der Waals surface area contributed by atoms with Crippen LogP contribution < -0.4 is 16.0 Å². The molecule has 2 aromatic carbocycles. The van der Waals surface area contributed by atoms with E-state index in [1.54, 1.807) is 36.4 Å². The van der Waals surface area contributed by atoms with Gasteiger partial charge in [-0.3, -0.25) is 19.2 Å². The summed E-state index contributed by atoms with van der Waals surface area (Å²) in [6.07, 6.45) is -0.236. The van der Waals surface area contributed by atoms with Crippen molar-refractivity contribution in [2.24, 2.45) is 0 Å². The average molecular weight is 476 g/mol. The van der Waals surface area contributed by atoms with Gasteiger partial charge in [0, 0.05) is 34.9 Å². The molecule has 30 heavy (non-hydrogen) atoms. The lowest BCUT2D eigenvalue weighted by atomic mass is 10.2. The van der Waals surface area contributed by atoms with Crippen molar-refractivity contribution >= 4 is 56.7 Å². The van der Waals surface area contributed by atoms with Crippen molar-refractivity contribution < 1.29 is 23.9 Å². The van der Waals surface area contributed by atoms with Gasteiger partial charge >= 0.3 is 5.97 Å². The van der Waals surface area contributed by atoms with E-state index in [1.807, 2.05) is 13.0 Å². The molecule has 0 unspecified atom stereocenters. The molecule has 0 aliphatic heterocycles. The van der Waals surface area contributed by atoms with Crippen molar-refractivity contribution in [2.45, 2.75) is 26.7 Å². The summed E-state index contributed by atoms with van der Waals surface area (Å²) in [5.74, 6) is -1.66. The van der Waals surface area contributed by atoms with Gasteiger partial charge in [0.05, 0.1) is 6.42 Å². The number of anilines is 3. The van der Waals surface area contributed by atoms with Crippen LogP contribution >= 0.6 is 15.9 Å². The van der Waals surface area contributed by atoms with Crippen LogP contribution in [0, 0.1) is 6.92 Å². The van der Waals surface area contributed by atoms with Crippen LogP contribution in [-0.4, -0.2) is 30.3 Å². The number of carbonyl (C=O) groups excluding carboxylic acids is 4. The van der Waals surface area contributed by atoms with Gasteiger partial charge in [0.2, 0.25) is 11.8 Å². The number of halogens is 1. The highest BCUT2D eigenvalue weighted by Gasteiger charge is 2.12. The molecular formula is C21H22BrN3O5. The summed E-state index contributed by atoms with van der Waals surface area (Å²) in [4.78, 5) is 46.6. The fraction of sp³-hybridized carbons (Fsp3) is 0.238. The third-order valence-electron chi connectivity index (χ3n) is 3.87. The Morgan fingerprint density at radius 1 is 0.867 bits per heavy atom. The Balaban J connectivity index is 1.70. The highest BCUT2D eigenvalue weighted by Crippen LogP contribution is 2.20. The smallest absolute Gasteiger partial charge is 0.306 e. The summed E-state index contributed by atoms with van der Waals surface area (Å²) in [7, 11) is 0. The largest absolute Gasteiger partial charge is 0.456 e. The molecule has 8 nitrogen and oxygen atoms in total. The molecule has 0 saturated heterocycles. The molecule has 0 saturated carbocycles. The summed E-state index contributed by atoms with van der Waals surface area (Å²) in [6.45, 7) is 2.82. The van der Waals surface area contributed by atoms with Crippen LogP contribution in [0.1, 0.15) is 25.3 Å². The molecule has 0 bridgehead atoms.